The van der Waals surface area contributed by atoms with Gasteiger partial charge in [-0.1, -0.05) is 60.7 Å². The summed E-state index contributed by atoms with van der Waals surface area (Å²) in [4.78, 5) is 0. The van der Waals surface area contributed by atoms with Gasteiger partial charge in [0.2, 0.25) is 0 Å². The number of hydrogen-bond donors (Lipinski definition) is 1. The maximum Gasteiger partial charge on any atom is 0.181 e. The van der Waals surface area contributed by atoms with E-state index in [4.69, 9.17) is 4.74 Å². The summed E-state index contributed by atoms with van der Waals surface area (Å²) >= 11 is 0. The highest BCUT2D eigenvalue weighted by Crippen LogP contribution is 2.15. The summed E-state index contributed by atoms with van der Waals surface area (Å²) in [5.41, 5.74) is 1.83. The normalized spacial score (nSPS) is 12.3. The molecule has 82 valence electrons. The molecule has 0 aliphatic heterocycles. The van der Waals surface area contributed by atoms with E-state index in [9.17, 15) is 5.11 Å². The average molecular weight is 214 g/mol. The van der Waals surface area contributed by atoms with E-state index in [0.29, 0.717) is 6.61 Å². The lowest BCUT2D eigenvalue weighted by atomic mass is 10.2. The van der Waals surface area contributed by atoms with Gasteiger partial charge < -0.3 is 9.84 Å². The monoisotopic (exact) mass is 214 g/mol. The molecule has 1 unspecified atom stereocenters. The number of hydrogen-bond acceptors (Lipinski definition) is 2. The lowest BCUT2D eigenvalue weighted by molar-refractivity contribution is -0.111. The van der Waals surface area contributed by atoms with Crippen molar-refractivity contribution in [3.05, 3.63) is 71.8 Å². The molecule has 0 aliphatic rings. The van der Waals surface area contributed by atoms with Crippen LogP contribution >= 0.6 is 0 Å². The van der Waals surface area contributed by atoms with Crippen molar-refractivity contribution in [3.63, 3.8) is 0 Å². The predicted octanol–water partition coefficient (Wildman–Crippen LogP) is 2.89. The van der Waals surface area contributed by atoms with Crippen molar-refractivity contribution in [3.8, 4) is 0 Å². The SMILES string of the molecule is OC(OCc1ccccc1)c1ccccc1. The van der Waals surface area contributed by atoms with Crippen LogP contribution in [0.1, 0.15) is 17.4 Å². The summed E-state index contributed by atoms with van der Waals surface area (Å²) in [6.07, 6.45) is -0.860. The molecule has 0 aliphatic carbocycles. The molecule has 0 bridgehead atoms. The fraction of sp³-hybridized carbons (Fsp3) is 0.143. The first-order valence-electron chi connectivity index (χ1n) is 5.25. The highest BCUT2D eigenvalue weighted by atomic mass is 16.6. The molecule has 0 spiro atoms. The van der Waals surface area contributed by atoms with Gasteiger partial charge >= 0.3 is 0 Å². The largest absolute Gasteiger partial charge is 0.364 e. The van der Waals surface area contributed by atoms with Crippen LogP contribution in [-0.4, -0.2) is 5.11 Å². The van der Waals surface area contributed by atoms with Crippen LogP contribution in [0.25, 0.3) is 0 Å². The van der Waals surface area contributed by atoms with Gasteiger partial charge in [0.05, 0.1) is 6.61 Å². The van der Waals surface area contributed by atoms with Crippen molar-refractivity contribution < 1.29 is 9.84 Å². The first-order valence-corrected chi connectivity index (χ1v) is 5.25. The van der Waals surface area contributed by atoms with Crippen LogP contribution in [0.15, 0.2) is 60.7 Å². The Bertz CT molecular complexity index is 411. The second-order valence-electron chi connectivity index (χ2n) is 3.56. The van der Waals surface area contributed by atoms with Gasteiger partial charge in [0.25, 0.3) is 0 Å². The molecule has 0 saturated heterocycles. The average Bonchev–Trinajstić information content (AvgIpc) is 2.38. The standard InChI is InChI=1S/C14H14O2/c15-14(13-9-5-2-6-10-13)16-11-12-7-3-1-4-8-12/h1-10,14-15H,11H2. The molecule has 2 nitrogen and oxygen atoms in total. The zero-order valence-corrected chi connectivity index (χ0v) is 8.91. The molecule has 0 heterocycles. The number of rotatable bonds is 4. The number of aliphatic hydroxyl groups excluding tert-OH is 1. The van der Waals surface area contributed by atoms with Crippen LogP contribution in [0.2, 0.25) is 0 Å². The van der Waals surface area contributed by atoms with Crippen molar-refractivity contribution >= 4 is 0 Å². The van der Waals surface area contributed by atoms with Crippen LogP contribution in [0.3, 0.4) is 0 Å². The number of aliphatic hydroxyl groups is 1. The van der Waals surface area contributed by atoms with Crippen LogP contribution in [-0.2, 0) is 11.3 Å². The molecule has 1 N–H and O–H groups in total. The summed E-state index contributed by atoms with van der Waals surface area (Å²) in [5, 5.41) is 9.76. The van der Waals surface area contributed by atoms with E-state index < -0.39 is 6.29 Å². The summed E-state index contributed by atoms with van der Waals surface area (Å²) in [5.74, 6) is 0. The predicted molar refractivity (Wildman–Crippen MR) is 62.6 cm³/mol. The third-order valence-electron chi connectivity index (χ3n) is 2.34. The van der Waals surface area contributed by atoms with Gasteiger partial charge in [-0.25, -0.2) is 0 Å². The molecular weight excluding hydrogens is 200 g/mol. The Morgan fingerprint density at radius 3 is 2.06 bits per heavy atom. The minimum Gasteiger partial charge on any atom is -0.364 e. The van der Waals surface area contributed by atoms with Crippen molar-refractivity contribution in [2.45, 2.75) is 12.9 Å². The second-order valence-corrected chi connectivity index (χ2v) is 3.56. The fourth-order valence-corrected chi connectivity index (χ4v) is 1.46. The highest BCUT2D eigenvalue weighted by molar-refractivity contribution is 5.16. The first-order chi connectivity index (χ1) is 7.86. The summed E-state index contributed by atoms with van der Waals surface area (Å²) in [6.45, 7) is 0.414. The van der Waals surface area contributed by atoms with Gasteiger partial charge in [-0.3, -0.25) is 0 Å². The molecule has 2 aromatic carbocycles. The Kier molecular flexibility index (Phi) is 3.70. The lowest BCUT2D eigenvalue weighted by Gasteiger charge is -2.12. The number of benzene rings is 2. The van der Waals surface area contributed by atoms with Crippen molar-refractivity contribution in [2.24, 2.45) is 0 Å². The first kappa shape index (κ1) is 10.9. The molecule has 1 atom stereocenters. The topological polar surface area (TPSA) is 29.5 Å². The summed E-state index contributed by atoms with van der Waals surface area (Å²) in [7, 11) is 0. The third-order valence-corrected chi connectivity index (χ3v) is 2.34. The van der Waals surface area contributed by atoms with Crippen molar-refractivity contribution in [2.75, 3.05) is 0 Å². The van der Waals surface area contributed by atoms with E-state index in [1.807, 2.05) is 60.7 Å². The Balaban J connectivity index is 1.92. The van der Waals surface area contributed by atoms with Gasteiger partial charge in [-0.15, -0.1) is 0 Å². The molecule has 2 rings (SSSR count). The molecule has 0 aromatic heterocycles. The van der Waals surface area contributed by atoms with E-state index in [-0.39, 0.29) is 0 Å². The maximum absolute atomic E-state index is 9.76. The van der Waals surface area contributed by atoms with Gasteiger partial charge in [0, 0.05) is 5.56 Å². The zero-order valence-electron chi connectivity index (χ0n) is 8.91. The third kappa shape index (κ3) is 2.92. The van der Waals surface area contributed by atoms with E-state index in [1.54, 1.807) is 0 Å². The highest BCUT2D eigenvalue weighted by Gasteiger charge is 2.06. The number of ether oxygens (including phenoxy) is 1. The Morgan fingerprint density at radius 1 is 0.875 bits per heavy atom. The quantitative estimate of drug-likeness (QED) is 0.793. The Morgan fingerprint density at radius 2 is 1.44 bits per heavy atom. The zero-order chi connectivity index (χ0) is 11.2. The van der Waals surface area contributed by atoms with E-state index in [0.717, 1.165) is 11.1 Å². The van der Waals surface area contributed by atoms with E-state index in [1.165, 1.54) is 0 Å². The van der Waals surface area contributed by atoms with Gasteiger partial charge in [0.15, 0.2) is 6.29 Å². The lowest BCUT2D eigenvalue weighted by Crippen LogP contribution is -2.02. The Labute approximate surface area is 95.1 Å². The summed E-state index contributed by atoms with van der Waals surface area (Å²) in [6, 6.07) is 19.2. The van der Waals surface area contributed by atoms with Crippen molar-refractivity contribution in [1.82, 2.24) is 0 Å². The molecule has 16 heavy (non-hydrogen) atoms. The molecular formula is C14H14O2. The molecule has 0 amide bonds. The molecule has 2 heteroatoms. The minimum atomic E-state index is -0.860. The second kappa shape index (κ2) is 5.45. The van der Waals surface area contributed by atoms with E-state index >= 15 is 0 Å². The van der Waals surface area contributed by atoms with E-state index in [2.05, 4.69) is 0 Å². The Hall–Kier alpha value is -1.64. The summed E-state index contributed by atoms with van der Waals surface area (Å²) < 4.78 is 5.37. The maximum atomic E-state index is 9.76. The van der Waals surface area contributed by atoms with Gasteiger partial charge in [0.1, 0.15) is 0 Å². The van der Waals surface area contributed by atoms with Crippen LogP contribution in [0.4, 0.5) is 0 Å². The van der Waals surface area contributed by atoms with Crippen molar-refractivity contribution in [1.29, 1.82) is 0 Å². The molecule has 0 fully saturated rings. The van der Waals surface area contributed by atoms with Crippen LogP contribution in [0, 0.1) is 0 Å². The van der Waals surface area contributed by atoms with Crippen LogP contribution < -0.4 is 0 Å². The molecule has 0 radical (unpaired) electrons. The van der Waals surface area contributed by atoms with Gasteiger partial charge in [-0.05, 0) is 5.56 Å². The minimum absolute atomic E-state index is 0.414. The smallest absolute Gasteiger partial charge is 0.181 e. The van der Waals surface area contributed by atoms with Gasteiger partial charge in [-0.2, -0.15) is 0 Å². The molecule has 0 saturated carbocycles. The molecule has 2 aromatic rings. The van der Waals surface area contributed by atoms with Crippen LogP contribution in [0.5, 0.6) is 0 Å². The fourth-order valence-electron chi connectivity index (χ4n) is 1.46.